The third kappa shape index (κ3) is 4.76. The number of sulfone groups is 1. The molecule has 1 fully saturated rings. The molecule has 2 atom stereocenters. The van der Waals surface area contributed by atoms with Crippen molar-refractivity contribution in [1.29, 1.82) is 0 Å². The first-order valence-corrected chi connectivity index (χ1v) is 14.2. The Bertz CT molecular complexity index is 1340. The number of nitrogens with zero attached hydrogens (tertiary/aromatic N) is 4. The number of rotatable bonds is 6. The fraction of sp³-hybridized carbons (Fsp3) is 0.444. The van der Waals surface area contributed by atoms with Gasteiger partial charge in [-0.15, -0.1) is 0 Å². The van der Waals surface area contributed by atoms with Gasteiger partial charge < -0.3 is 14.4 Å². The van der Waals surface area contributed by atoms with E-state index in [0.29, 0.717) is 19.0 Å². The summed E-state index contributed by atoms with van der Waals surface area (Å²) in [6.07, 6.45) is 5.55. The number of fused-ring (bicyclic) bond motifs is 1. The molecule has 8 nitrogen and oxygen atoms in total. The molecule has 0 amide bonds. The van der Waals surface area contributed by atoms with E-state index in [9.17, 15) is 8.42 Å². The van der Waals surface area contributed by atoms with Crippen LogP contribution in [0.3, 0.4) is 0 Å². The number of aromatic nitrogens is 3. The van der Waals surface area contributed by atoms with Crippen LogP contribution in [0.4, 0.5) is 5.82 Å². The van der Waals surface area contributed by atoms with Crippen LogP contribution < -0.4 is 14.4 Å². The molecule has 2 aliphatic heterocycles. The van der Waals surface area contributed by atoms with Gasteiger partial charge in [-0.3, -0.25) is 0 Å². The molecule has 0 aliphatic carbocycles. The van der Waals surface area contributed by atoms with Crippen molar-refractivity contribution in [2.45, 2.75) is 45.4 Å². The van der Waals surface area contributed by atoms with Crippen molar-refractivity contribution in [3.8, 4) is 11.5 Å². The van der Waals surface area contributed by atoms with Crippen LogP contribution >= 0.6 is 0 Å². The molecular weight excluding hydrogens is 476 g/mol. The topological polar surface area (TPSA) is 94.5 Å². The fourth-order valence-corrected chi connectivity index (χ4v) is 5.98. The van der Waals surface area contributed by atoms with E-state index in [2.05, 4.69) is 44.8 Å². The first-order valence-electron chi connectivity index (χ1n) is 12.4. The Kier molecular flexibility index (Phi) is 6.59. The molecule has 0 radical (unpaired) electrons. The van der Waals surface area contributed by atoms with Crippen molar-refractivity contribution in [3.63, 3.8) is 0 Å². The Labute approximate surface area is 212 Å². The lowest BCUT2D eigenvalue weighted by Crippen LogP contribution is -2.40. The fourth-order valence-electron chi connectivity index (χ4n) is 4.78. The number of ether oxygens (including phenoxy) is 2. The average Bonchev–Trinajstić information content (AvgIpc) is 3.37. The molecule has 0 saturated carbocycles. The summed E-state index contributed by atoms with van der Waals surface area (Å²) in [6, 6.07) is 8.23. The Balaban J connectivity index is 1.34. The maximum Gasteiger partial charge on any atom is 0.231 e. The van der Waals surface area contributed by atoms with Crippen molar-refractivity contribution in [2.24, 2.45) is 0 Å². The summed E-state index contributed by atoms with van der Waals surface area (Å²) < 4.78 is 35.2. The molecule has 2 aromatic heterocycles. The molecule has 0 bridgehead atoms. The quantitative estimate of drug-likeness (QED) is 0.487. The highest BCUT2D eigenvalue weighted by molar-refractivity contribution is 7.91. The van der Waals surface area contributed by atoms with E-state index in [4.69, 9.17) is 19.4 Å². The van der Waals surface area contributed by atoms with Gasteiger partial charge in [0.15, 0.2) is 21.3 Å². The lowest BCUT2D eigenvalue weighted by Gasteiger charge is -2.28. The second-order valence-corrected chi connectivity index (χ2v) is 12.2. The van der Waals surface area contributed by atoms with Gasteiger partial charge in [-0.2, -0.15) is 0 Å². The number of anilines is 1. The summed E-state index contributed by atoms with van der Waals surface area (Å²) in [7, 11) is -2.93. The summed E-state index contributed by atoms with van der Waals surface area (Å²) in [5, 5.41) is 0. The zero-order valence-corrected chi connectivity index (χ0v) is 22.0. The van der Waals surface area contributed by atoms with Crippen LogP contribution in [-0.4, -0.2) is 54.8 Å². The zero-order chi connectivity index (χ0) is 25.4. The minimum absolute atomic E-state index is 0.0473. The highest BCUT2D eigenvalue weighted by Gasteiger charge is 2.27. The Morgan fingerprint density at radius 2 is 1.47 bits per heavy atom. The van der Waals surface area contributed by atoms with Crippen molar-refractivity contribution in [1.82, 2.24) is 15.0 Å². The van der Waals surface area contributed by atoms with Crippen LogP contribution in [0.15, 0.2) is 42.9 Å². The van der Waals surface area contributed by atoms with Gasteiger partial charge in [-0.05, 0) is 29.2 Å². The monoisotopic (exact) mass is 508 g/mol. The summed E-state index contributed by atoms with van der Waals surface area (Å²) in [5.74, 6) is 3.87. The minimum atomic E-state index is -2.93. The Hall–Kier alpha value is -3.20. The van der Waals surface area contributed by atoms with Crippen LogP contribution in [0.2, 0.25) is 0 Å². The minimum Gasteiger partial charge on any atom is -0.453 e. The highest BCUT2D eigenvalue weighted by Crippen LogP contribution is 2.45. The molecule has 2 aliphatic rings. The van der Waals surface area contributed by atoms with Crippen LogP contribution in [0, 0.1) is 0 Å². The third-order valence-corrected chi connectivity index (χ3v) is 8.79. The normalized spacial score (nSPS) is 18.3. The largest absolute Gasteiger partial charge is 0.453 e. The summed E-state index contributed by atoms with van der Waals surface area (Å²) in [6.45, 7) is 9.66. The van der Waals surface area contributed by atoms with Crippen LogP contribution in [0.5, 0.6) is 11.5 Å². The first-order chi connectivity index (χ1) is 17.2. The smallest absolute Gasteiger partial charge is 0.231 e. The van der Waals surface area contributed by atoms with E-state index in [1.807, 2.05) is 29.4 Å². The lowest BCUT2D eigenvalue weighted by atomic mass is 9.93. The van der Waals surface area contributed by atoms with Gasteiger partial charge in [0.1, 0.15) is 11.6 Å². The van der Waals surface area contributed by atoms with Gasteiger partial charge >= 0.3 is 0 Å². The molecule has 1 saturated heterocycles. The molecule has 1 aromatic carbocycles. The average molecular weight is 509 g/mol. The Morgan fingerprint density at radius 3 is 2.14 bits per heavy atom. The SMILES string of the molecule is CC(C)c1ccc([C@H](C)c2ncc([C@H](C)c3ccnc(N4CCS(=O)(=O)CC4)c3)cn2)c2c1OCO2. The molecule has 0 unspecified atom stereocenters. The zero-order valence-electron chi connectivity index (χ0n) is 21.1. The Morgan fingerprint density at radius 1 is 0.833 bits per heavy atom. The molecule has 0 spiro atoms. The maximum absolute atomic E-state index is 11.8. The van der Waals surface area contributed by atoms with E-state index >= 15 is 0 Å². The predicted octanol–water partition coefficient (Wildman–Crippen LogP) is 4.26. The lowest BCUT2D eigenvalue weighted by molar-refractivity contribution is 0.172. The molecule has 9 heteroatoms. The molecule has 36 heavy (non-hydrogen) atoms. The molecule has 3 aromatic rings. The van der Waals surface area contributed by atoms with E-state index in [1.54, 1.807) is 6.20 Å². The van der Waals surface area contributed by atoms with Gasteiger partial charge in [0.05, 0.1) is 11.5 Å². The van der Waals surface area contributed by atoms with Crippen LogP contribution in [0.25, 0.3) is 0 Å². The molecule has 190 valence electrons. The van der Waals surface area contributed by atoms with E-state index < -0.39 is 9.84 Å². The molecular formula is C27H32N4O4S. The van der Waals surface area contributed by atoms with Crippen LogP contribution in [-0.2, 0) is 9.84 Å². The highest BCUT2D eigenvalue weighted by atomic mass is 32.2. The van der Waals surface area contributed by atoms with Gasteiger partial charge in [-0.25, -0.2) is 23.4 Å². The van der Waals surface area contributed by atoms with E-state index in [0.717, 1.165) is 45.4 Å². The second kappa shape index (κ2) is 9.69. The molecule has 0 N–H and O–H groups in total. The summed E-state index contributed by atoms with van der Waals surface area (Å²) in [5.41, 5.74) is 4.26. The van der Waals surface area contributed by atoms with Gasteiger partial charge in [0.2, 0.25) is 6.79 Å². The first kappa shape index (κ1) is 24.5. The van der Waals surface area contributed by atoms with Gasteiger partial charge in [0, 0.05) is 54.6 Å². The van der Waals surface area contributed by atoms with Crippen LogP contribution in [0.1, 0.15) is 73.5 Å². The summed E-state index contributed by atoms with van der Waals surface area (Å²) >= 11 is 0. The van der Waals surface area contributed by atoms with Crippen molar-refractivity contribution in [2.75, 3.05) is 36.3 Å². The van der Waals surface area contributed by atoms with Crippen molar-refractivity contribution >= 4 is 15.7 Å². The van der Waals surface area contributed by atoms with Gasteiger partial charge in [0.25, 0.3) is 0 Å². The van der Waals surface area contributed by atoms with E-state index in [1.165, 1.54) is 0 Å². The second-order valence-electron chi connectivity index (χ2n) is 9.87. The standard InChI is InChI=1S/C27H32N4O4S/c1-17(2)22-5-6-23(26-25(22)34-16-35-26)19(4)27-29-14-21(15-30-27)18(3)20-7-8-28-24(13-20)31-9-11-36(32,33)12-10-31/h5-8,13-15,17-19H,9-12,16H2,1-4H3/t18-,19+/m1/s1. The predicted molar refractivity (Wildman–Crippen MR) is 139 cm³/mol. The number of pyridine rings is 1. The summed E-state index contributed by atoms with van der Waals surface area (Å²) in [4.78, 5) is 15.9. The maximum atomic E-state index is 11.8. The number of hydrogen-bond donors (Lipinski definition) is 0. The van der Waals surface area contributed by atoms with Gasteiger partial charge in [-0.1, -0.05) is 39.8 Å². The third-order valence-electron chi connectivity index (χ3n) is 7.19. The number of benzene rings is 1. The van der Waals surface area contributed by atoms with Crippen molar-refractivity contribution < 1.29 is 17.9 Å². The molecule has 4 heterocycles. The van der Waals surface area contributed by atoms with E-state index in [-0.39, 0.29) is 30.1 Å². The number of hydrogen-bond acceptors (Lipinski definition) is 8. The molecule has 5 rings (SSSR count). The van der Waals surface area contributed by atoms with Crippen molar-refractivity contribution in [3.05, 3.63) is 70.9 Å².